The van der Waals surface area contributed by atoms with Gasteiger partial charge in [-0.25, -0.2) is 0 Å². The fourth-order valence-corrected chi connectivity index (χ4v) is 2.24. The Morgan fingerprint density at radius 3 is 2.48 bits per heavy atom. The van der Waals surface area contributed by atoms with E-state index in [9.17, 15) is 9.59 Å². The van der Waals surface area contributed by atoms with Gasteiger partial charge in [0.2, 0.25) is 0 Å². The number of aryl methyl sites for hydroxylation is 1. The van der Waals surface area contributed by atoms with Crippen molar-refractivity contribution < 1.29 is 19.1 Å². The highest BCUT2D eigenvalue weighted by Gasteiger charge is 2.14. The lowest BCUT2D eigenvalue weighted by Crippen LogP contribution is -2.28. The predicted octanol–water partition coefficient (Wildman–Crippen LogP) is 3.35. The molecule has 0 aliphatic carbocycles. The summed E-state index contributed by atoms with van der Waals surface area (Å²) in [5, 5.41) is 11.4. The number of aliphatic carboxylic acids is 1. The zero-order chi connectivity index (χ0) is 16.8. The van der Waals surface area contributed by atoms with Gasteiger partial charge in [-0.1, -0.05) is 38.1 Å². The number of carboxylic acid groups (broad SMARTS) is 1. The molecule has 2 aromatic rings. The van der Waals surface area contributed by atoms with Gasteiger partial charge in [-0.15, -0.1) is 0 Å². The van der Waals surface area contributed by atoms with Crippen LogP contribution in [0.1, 0.15) is 36.4 Å². The van der Waals surface area contributed by atoms with E-state index in [-0.39, 0.29) is 24.0 Å². The molecular formula is C18H21NO4. The number of benzene rings is 1. The quantitative estimate of drug-likeness (QED) is 0.821. The Morgan fingerprint density at radius 2 is 1.87 bits per heavy atom. The molecular weight excluding hydrogens is 294 g/mol. The molecule has 0 saturated carbocycles. The predicted molar refractivity (Wildman–Crippen MR) is 87.3 cm³/mol. The van der Waals surface area contributed by atoms with Gasteiger partial charge in [0.1, 0.15) is 5.76 Å². The highest BCUT2D eigenvalue weighted by atomic mass is 16.4. The van der Waals surface area contributed by atoms with E-state index in [0.29, 0.717) is 12.3 Å². The molecule has 2 rings (SSSR count). The molecule has 0 bridgehead atoms. The van der Waals surface area contributed by atoms with Crippen LogP contribution in [0.4, 0.5) is 0 Å². The van der Waals surface area contributed by atoms with Crippen molar-refractivity contribution in [3.8, 4) is 11.3 Å². The van der Waals surface area contributed by atoms with E-state index in [1.54, 1.807) is 19.1 Å². The molecule has 2 N–H and O–H groups in total. The minimum atomic E-state index is -0.873. The van der Waals surface area contributed by atoms with Crippen molar-refractivity contribution in [3.63, 3.8) is 0 Å². The van der Waals surface area contributed by atoms with Crippen LogP contribution in [-0.4, -0.2) is 23.5 Å². The number of rotatable bonds is 7. The zero-order valence-corrected chi connectivity index (χ0v) is 13.3. The number of hydrogen-bond acceptors (Lipinski definition) is 3. The summed E-state index contributed by atoms with van der Waals surface area (Å²) in [5.74, 6) is -0.479. The van der Waals surface area contributed by atoms with Gasteiger partial charge in [-0.2, -0.15) is 0 Å². The molecule has 1 aromatic carbocycles. The molecule has 0 spiro atoms. The van der Waals surface area contributed by atoms with Crippen molar-refractivity contribution in [1.29, 1.82) is 0 Å². The molecule has 1 heterocycles. The molecule has 1 amide bonds. The van der Waals surface area contributed by atoms with Crippen LogP contribution >= 0.6 is 0 Å². The lowest BCUT2D eigenvalue weighted by Gasteiger charge is -2.09. The Bertz CT molecular complexity index is 673. The largest absolute Gasteiger partial charge is 0.481 e. The maximum absolute atomic E-state index is 12.0. The highest BCUT2D eigenvalue weighted by Crippen LogP contribution is 2.22. The average Bonchev–Trinajstić information content (AvgIpc) is 3.02. The van der Waals surface area contributed by atoms with Crippen molar-refractivity contribution in [2.75, 3.05) is 6.54 Å². The summed E-state index contributed by atoms with van der Waals surface area (Å²) in [5.41, 5.74) is 2.16. The second kappa shape index (κ2) is 7.63. The van der Waals surface area contributed by atoms with Gasteiger partial charge in [0, 0.05) is 18.5 Å². The topological polar surface area (TPSA) is 79.5 Å². The number of carboxylic acids is 1. The van der Waals surface area contributed by atoms with E-state index in [2.05, 4.69) is 12.2 Å². The number of carbonyl (C=O) groups excluding carboxylic acids is 1. The summed E-state index contributed by atoms with van der Waals surface area (Å²) in [6.07, 6.45) is 0.994. The van der Waals surface area contributed by atoms with Crippen LogP contribution < -0.4 is 5.32 Å². The van der Waals surface area contributed by atoms with E-state index in [4.69, 9.17) is 9.52 Å². The molecule has 0 fully saturated rings. The Labute approximate surface area is 135 Å². The number of amides is 1. The summed E-state index contributed by atoms with van der Waals surface area (Å²) in [6.45, 7) is 4.17. The highest BCUT2D eigenvalue weighted by molar-refractivity contribution is 5.92. The Morgan fingerprint density at radius 1 is 1.17 bits per heavy atom. The third-order valence-electron chi connectivity index (χ3n) is 3.61. The molecule has 122 valence electrons. The van der Waals surface area contributed by atoms with E-state index in [1.165, 1.54) is 5.56 Å². The number of hydrogen-bond donors (Lipinski definition) is 2. The van der Waals surface area contributed by atoms with Crippen LogP contribution in [0.25, 0.3) is 11.3 Å². The molecule has 1 atom stereocenters. The first kappa shape index (κ1) is 16.8. The molecule has 23 heavy (non-hydrogen) atoms. The zero-order valence-electron chi connectivity index (χ0n) is 13.3. The molecule has 0 aliphatic rings. The number of carbonyl (C=O) groups is 2. The van der Waals surface area contributed by atoms with Crippen molar-refractivity contribution in [3.05, 3.63) is 47.7 Å². The lowest BCUT2D eigenvalue weighted by molar-refractivity contribution is -0.137. The summed E-state index contributed by atoms with van der Waals surface area (Å²) < 4.78 is 5.59. The van der Waals surface area contributed by atoms with Gasteiger partial charge in [0.05, 0.1) is 0 Å². The first-order valence-electron chi connectivity index (χ1n) is 7.68. The standard InChI is InChI=1S/C18H21NO4/c1-3-13-4-6-14(7-5-13)15-8-9-16(23-15)18(22)19-11-12(2)10-17(20)21/h4-9,12H,3,10-11H2,1-2H3,(H,19,22)(H,20,21). The summed E-state index contributed by atoms with van der Waals surface area (Å²) in [6, 6.07) is 11.4. The maximum Gasteiger partial charge on any atom is 0.303 e. The van der Waals surface area contributed by atoms with E-state index in [1.807, 2.05) is 24.3 Å². The SMILES string of the molecule is CCc1ccc(-c2ccc(C(=O)NCC(C)CC(=O)O)o2)cc1. The molecule has 5 nitrogen and oxygen atoms in total. The molecule has 0 saturated heterocycles. The molecule has 1 unspecified atom stereocenters. The summed E-state index contributed by atoms with van der Waals surface area (Å²) >= 11 is 0. The normalized spacial score (nSPS) is 11.9. The third kappa shape index (κ3) is 4.71. The van der Waals surface area contributed by atoms with E-state index < -0.39 is 5.97 Å². The van der Waals surface area contributed by atoms with Gasteiger partial charge in [0.15, 0.2) is 5.76 Å². The average molecular weight is 315 g/mol. The summed E-state index contributed by atoms with van der Waals surface area (Å²) in [4.78, 5) is 22.6. The van der Waals surface area contributed by atoms with Crippen molar-refractivity contribution in [2.24, 2.45) is 5.92 Å². The van der Waals surface area contributed by atoms with Crippen LogP contribution in [0.5, 0.6) is 0 Å². The van der Waals surface area contributed by atoms with Crippen molar-refractivity contribution >= 4 is 11.9 Å². The van der Waals surface area contributed by atoms with Gasteiger partial charge >= 0.3 is 5.97 Å². The Hall–Kier alpha value is -2.56. The van der Waals surface area contributed by atoms with E-state index >= 15 is 0 Å². The second-order valence-electron chi connectivity index (χ2n) is 5.63. The molecule has 0 aliphatic heterocycles. The fraction of sp³-hybridized carbons (Fsp3) is 0.333. The van der Waals surface area contributed by atoms with Crippen LogP contribution in [0.3, 0.4) is 0 Å². The minimum absolute atomic E-state index is 0.0213. The van der Waals surface area contributed by atoms with Crippen LogP contribution in [0, 0.1) is 5.92 Å². The molecule has 1 aromatic heterocycles. The van der Waals surface area contributed by atoms with Crippen LogP contribution in [0.2, 0.25) is 0 Å². The first-order valence-corrected chi connectivity index (χ1v) is 7.68. The van der Waals surface area contributed by atoms with Gasteiger partial charge in [0.25, 0.3) is 5.91 Å². The molecule has 0 radical (unpaired) electrons. The molecule has 5 heteroatoms. The Kier molecular flexibility index (Phi) is 5.57. The Balaban J connectivity index is 1.97. The van der Waals surface area contributed by atoms with Crippen molar-refractivity contribution in [2.45, 2.75) is 26.7 Å². The smallest absolute Gasteiger partial charge is 0.303 e. The summed E-state index contributed by atoms with van der Waals surface area (Å²) in [7, 11) is 0. The number of nitrogens with one attached hydrogen (secondary N) is 1. The van der Waals surface area contributed by atoms with Gasteiger partial charge in [-0.3, -0.25) is 9.59 Å². The van der Waals surface area contributed by atoms with Crippen LogP contribution in [-0.2, 0) is 11.2 Å². The maximum atomic E-state index is 12.0. The fourth-order valence-electron chi connectivity index (χ4n) is 2.24. The van der Waals surface area contributed by atoms with Gasteiger partial charge in [-0.05, 0) is 30.0 Å². The first-order chi connectivity index (χ1) is 11.0. The second-order valence-corrected chi connectivity index (χ2v) is 5.63. The number of furan rings is 1. The minimum Gasteiger partial charge on any atom is -0.481 e. The lowest BCUT2D eigenvalue weighted by atomic mass is 10.1. The van der Waals surface area contributed by atoms with Crippen molar-refractivity contribution in [1.82, 2.24) is 5.32 Å². The van der Waals surface area contributed by atoms with Crippen LogP contribution in [0.15, 0.2) is 40.8 Å². The third-order valence-corrected chi connectivity index (χ3v) is 3.61. The van der Waals surface area contributed by atoms with E-state index in [0.717, 1.165) is 12.0 Å². The monoisotopic (exact) mass is 315 g/mol. The van der Waals surface area contributed by atoms with Gasteiger partial charge < -0.3 is 14.8 Å².